The van der Waals surface area contributed by atoms with E-state index in [9.17, 15) is 9.59 Å². The van der Waals surface area contributed by atoms with E-state index in [0.29, 0.717) is 12.2 Å². The fraction of sp³-hybridized carbons (Fsp3) is 0.636. The van der Waals surface area contributed by atoms with Crippen LogP contribution in [0.5, 0.6) is 0 Å². The number of esters is 1. The van der Waals surface area contributed by atoms with Gasteiger partial charge >= 0.3 is 11.9 Å². The molecule has 0 saturated heterocycles. The van der Waals surface area contributed by atoms with Crippen molar-refractivity contribution in [2.75, 3.05) is 6.61 Å². The summed E-state index contributed by atoms with van der Waals surface area (Å²) in [5.74, 6) is -1.82. The normalized spacial score (nSPS) is 14.6. The first-order chi connectivity index (χ1) is 8.13. The van der Waals surface area contributed by atoms with Crippen molar-refractivity contribution in [2.45, 2.75) is 39.0 Å². The van der Waals surface area contributed by atoms with Crippen molar-refractivity contribution in [1.29, 1.82) is 0 Å². The van der Waals surface area contributed by atoms with E-state index in [4.69, 9.17) is 21.1 Å². The van der Waals surface area contributed by atoms with E-state index >= 15 is 0 Å². The van der Waals surface area contributed by atoms with Crippen LogP contribution in [0.1, 0.15) is 27.2 Å². The largest absolute Gasteiger partial charge is 0.479 e. The molecule has 0 aromatic heterocycles. The van der Waals surface area contributed by atoms with Crippen LogP contribution in [0.2, 0.25) is 0 Å². The summed E-state index contributed by atoms with van der Waals surface area (Å²) in [6.07, 6.45) is -1.87. The minimum Gasteiger partial charge on any atom is -0.479 e. The van der Waals surface area contributed by atoms with E-state index in [1.54, 1.807) is 13.8 Å². The molecule has 2 unspecified atom stereocenters. The molecule has 0 aliphatic carbocycles. The molecule has 106 valence electrons. The van der Waals surface area contributed by atoms with Crippen molar-refractivity contribution >= 4 is 11.9 Å². The number of rotatable bonds is 5. The zero-order valence-electron chi connectivity index (χ0n) is 10.8. The molecule has 0 aliphatic heterocycles. The third kappa shape index (κ3) is 6.33. The van der Waals surface area contributed by atoms with Gasteiger partial charge in [-0.1, -0.05) is 13.5 Å². The summed E-state index contributed by atoms with van der Waals surface area (Å²) in [6.45, 7) is 8.63. The topological polar surface area (TPSA) is 130 Å². The molecule has 2 atom stereocenters. The quantitative estimate of drug-likeness (QED) is 0.302. The molecule has 0 fully saturated rings. The molecule has 0 heterocycles. The number of aliphatic hydroxyl groups is 2. The highest BCUT2D eigenvalue weighted by Gasteiger charge is 2.39. The van der Waals surface area contributed by atoms with Crippen molar-refractivity contribution < 1.29 is 29.6 Å². The Morgan fingerprint density at radius 2 is 1.89 bits per heavy atom. The van der Waals surface area contributed by atoms with Gasteiger partial charge in [-0.15, -0.1) is 0 Å². The van der Waals surface area contributed by atoms with Gasteiger partial charge in [0.1, 0.15) is 6.23 Å². The number of carbonyl (C=O) groups is 2. The van der Waals surface area contributed by atoms with Crippen molar-refractivity contribution in [3.8, 4) is 0 Å². The number of carbonyl (C=O) groups excluding carboxylic acids is 1. The number of nitrogens with two attached hydrogens (primary N) is 1. The standard InChI is InChI=1S/C6H10O2.C5H11NO4/c1-4-8-6(7)5(2)3;1-2-5(10,3(6)7)4(8)9/h2,4H2,1,3H3;3,7,10H,2,6H2,1H3,(H,8,9). The maximum absolute atomic E-state index is 10.4. The van der Waals surface area contributed by atoms with Crippen LogP contribution in [0, 0.1) is 0 Å². The Bertz CT molecular complexity index is 302. The third-order valence-electron chi connectivity index (χ3n) is 2.02. The average Bonchev–Trinajstić information content (AvgIpc) is 2.28. The molecule has 0 aliphatic rings. The molecule has 18 heavy (non-hydrogen) atoms. The van der Waals surface area contributed by atoms with Crippen LogP contribution in [0.15, 0.2) is 12.2 Å². The van der Waals surface area contributed by atoms with Crippen molar-refractivity contribution in [1.82, 2.24) is 0 Å². The minimum absolute atomic E-state index is 0.125. The highest BCUT2D eigenvalue weighted by molar-refractivity contribution is 5.86. The number of aliphatic carboxylic acids is 1. The smallest absolute Gasteiger partial charge is 0.339 e. The Labute approximate surface area is 106 Å². The van der Waals surface area contributed by atoms with Gasteiger partial charge in [0.25, 0.3) is 0 Å². The Morgan fingerprint density at radius 3 is 1.94 bits per heavy atom. The summed E-state index contributed by atoms with van der Waals surface area (Å²) >= 11 is 0. The van der Waals surface area contributed by atoms with Gasteiger partial charge < -0.3 is 25.8 Å². The summed E-state index contributed by atoms with van der Waals surface area (Å²) < 4.78 is 4.56. The lowest BCUT2D eigenvalue weighted by atomic mass is 10.00. The first-order valence-corrected chi connectivity index (χ1v) is 5.35. The van der Waals surface area contributed by atoms with E-state index in [1.165, 1.54) is 6.92 Å². The molecule has 0 amide bonds. The zero-order chi connectivity index (χ0) is 14.9. The predicted octanol–water partition coefficient (Wildman–Crippen LogP) is -0.385. The highest BCUT2D eigenvalue weighted by Crippen LogP contribution is 2.11. The molecule has 0 saturated carbocycles. The summed E-state index contributed by atoms with van der Waals surface area (Å²) in [5, 5.41) is 25.9. The Kier molecular flexibility index (Phi) is 9.06. The number of ether oxygens (including phenoxy) is 1. The predicted molar refractivity (Wildman–Crippen MR) is 64.5 cm³/mol. The van der Waals surface area contributed by atoms with Gasteiger partial charge in [0.05, 0.1) is 6.61 Å². The molecule has 0 aromatic rings. The maximum atomic E-state index is 10.4. The van der Waals surface area contributed by atoms with Gasteiger partial charge in [0.15, 0.2) is 0 Å². The highest BCUT2D eigenvalue weighted by atomic mass is 16.5. The lowest BCUT2D eigenvalue weighted by molar-refractivity contribution is -0.171. The Hall–Kier alpha value is -1.44. The fourth-order valence-electron chi connectivity index (χ4n) is 0.741. The van der Waals surface area contributed by atoms with Gasteiger partial charge in [-0.2, -0.15) is 0 Å². The van der Waals surface area contributed by atoms with E-state index in [-0.39, 0.29) is 12.4 Å². The molecular formula is C11H21NO6. The molecule has 0 spiro atoms. The van der Waals surface area contributed by atoms with Crippen molar-refractivity contribution in [2.24, 2.45) is 5.73 Å². The average molecular weight is 263 g/mol. The second kappa shape index (κ2) is 8.62. The van der Waals surface area contributed by atoms with Crippen LogP contribution in [-0.2, 0) is 14.3 Å². The zero-order valence-corrected chi connectivity index (χ0v) is 10.8. The second-order valence-electron chi connectivity index (χ2n) is 3.53. The molecule has 5 N–H and O–H groups in total. The molecule has 0 rings (SSSR count). The summed E-state index contributed by atoms with van der Waals surface area (Å²) in [7, 11) is 0. The fourth-order valence-corrected chi connectivity index (χ4v) is 0.741. The molecule has 0 radical (unpaired) electrons. The SMILES string of the molecule is C=C(C)C(=O)OCC.CCC(O)(C(=O)O)C(N)O. The van der Waals surface area contributed by atoms with E-state index in [2.05, 4.69) is 11.3 Å². The van der Waals surface area contributed by atoms with Gasteiger partial charge in [0, 0.05) is 5.57 Å². The van der Waals surface area contributed by atoms with Crippen molar-refractivity contribution in [3.05, 3.63) is 12.2 Å². The maximum Gasteiger partial charge on any atom is 0.339 e. The lowest BCUT2D eigenvalue weighted by Crippen LogP contribution is -2.53. The Morgan fingerprint density at radius 1 is 1.44 bits per heavy atom. The molecular weight excluding hydrogens is 242 g/mol. The minimum atomic E-state index is -2.21. The van der Waals surface area contributed by atoms with E-state index in [1.807, 2.05) is 0 Å². The van der Waals surface area contributed by atoms with E-state index in [0.717, 1.165) is 0 Å². The number of carboxylic acids is 1. The molecule has 7 nitrogen and oxygen atoms in total. The lowest BCUT2D eigenvalue weighted by Gasteiger charge is -2.23. The first-order valence-electron chi connectivity index (χ1n) is 5.35. The molecule has 0 aromatic carbocycles. The summed E-state index contributed by atoms with van der Waals surface area (Å²) in [5.41, 5.74) is 3.05. The van der Waals surface area contributed by atoms with Gasteiger partial charge in [-0.05, 0) is 20.3 Å². The van der Waals surface area contributed by atoms with E-state index < -0.39 is 17.8 Å². The Balaban J connectivity index is 0. The second-order valence-corrected chi connectivity index (χ2v) is 3.53. The van der Waals surface area contributed by atoms with Crippen LogP contribution in [-0.4, -0.2) is 45.7 Å². The number of hydrogen-bond acceptors (Lipinski definition) is 6. The number of carboxylic acid groups (broad SMARTS) is 1. The monoisotopic (exact) mass is 263 g/mol. The van der Waals surface area contributed by atoms with Crippen LogP contribution < -0.4 is 5.73 Å². The third-order valence-corrected chi connectivity index (χ3v) is 2.02. The number of hydrogen-bond donors (Lipinski definition) is 4. The molecule has 7 heteroatoms. The van der Waals surface area contributed by atoms with Crippen LogP contribution in [0.4, 0.5) is 0 Å². The summed E-state index contributed by atoms with van der Waals surface area (Å²) in [6, 6.07) is 0. The van der Waals surface area contributed by atoms with Crippen LogP contribution in [0.25, 0.3) is 0 Å². The first kappa shape index (κ1) is 18.9. The molecule has 0 bridgehead atoms. The van der Waals surface area contributed by atoms with Gasteiger partial charge in [0.2, 0.25) is 5.60 Å². The van der Waals surface area contributed by atoms with Crippen LogP contribution in [0.3, 0.4) is 0 Å². The summed E-state index contributed by atoms with van der Waals surface area (Å²) in [4.78, 5) is 20.6. The van der Waals surface area contributed by atoms with Crippen molar-refractivity contribution in [3.63, 3.8) is 0 Å². The number of aliphatic hydroxyl groups excluding tert-OH is 1. The van der Waals surface area contributed by atoms with Gasteiger partial charge in [-0.3, -0.25) is 0 Å². The van der Waals surface area contributed by atoms with Gasteiger partial charge in [-0.25, -0.2) is 9.59 Å². The van der Waals surface area contributed by atoms with Crippen LogP contribution >= 0.6 is 0 Å².